The Morgan fingerprint density at radius 1 is 1.42 bits per heavy atom. The van der Waals surface area contributed by atoms with Gasteiger partial charge in [0.1, 0.15) is 5.75 Å². The largest absolute Gasteiger partial charge is 0.507 e. The second-order valence-electron chi connectivity index (χ2n) is 3.80. The molecule has 0 aliphatic rings. The summed E-state index contributed by atoms with van der Waals surface area (Å²) in [5, 5.41) is 9.86. The molecule has 0 atom stereocenters. The van der Waals surface area contributed by atoms with Crippen molar-refractivity contribution < 1.29 is 19.4 Å². The Morgan fingerprint density at radius 2 is 2.16 bits per heavy atom. The van der Waals surface area contributed by atoms with Crippen LogP contribution in [0.5, 0.6) is 5.75 Å². The van der Waals surface area contributed by atoms with E-state index in [-0.39, 0.29) is 10.9 Å². The van der Waals surface area contributed by atoms with Crippen molar-refractivity contribution in [3.8, 4) is 5.75 Å². The molecule has 1 rings (SSSR count). The van der Waals surface area contributed by atoms with Crippen molar-refractivity contribution in [1.82, 2.24) is 0 Å². The quantitative estimate of drug-likeness (QED) is 0.663. The molecule has 0 spiro atoms. The first kappa shape index (κ1) is 15.3. The van der Waals surface area contributed by atoms with E-state index >= 15 is 0 Å². The summed E-state index contributed by atoms with van der Waals surface area (Å²) in [6.07, 6.45) is 4.38. The zero-order valence-electron chi connectivity index (χ0n) is 10.9. The molecule has 1 aromatic carbocycles. The predicted molar refractivity (Wildman–Crippen MR) is 76.2 cm³/mol. The third-order valence-electron chi connectivity index (χ3n) is 2.34. The van der Waals surface area contributed by atoms with E-state index in [0.717, 1.165) is 6.42 Å². The van der Waals surface area contributed by atoms with Crippen LogP contribution in [0.25, 0.3) is 6.08 Å². The second kappa shape index (κ2) is 7.63. The topological polar surface area (TPSA) is 63.6 Å². The summed E-state index contributed by atoms with van der Waals surface area (Å²) in [5.74, 6) is 0.259. The molecule has 19 heavy (non-hydrogen) atoms. The molecule has 0 radical (unpaired) electrons. The Balaban J connectivity index is 2.62. The van der Waals surface area contributed by atoms with Gasteiger partial charge in [-0.25, -0.2) is 4.79 Å². The number of benzene rings is 1. The van der Waals surface area contributed by atoms with E-state index in [2.05, 4.69) is 4.74 Å². The molecule has 0 unspecified atom stereocenters. The van der Waals surface area contributed by atoms with Crippen molar-refractivity contribution >= 4 is 28.9 Å². The molecule has 102 valence electrons. The van der Waals surface area contributed by atoms with E-state index in [1.54, 1.807) is 18.2 Å². The first-order valence-electron chi connectivity index (χ1n) is 5.76. The SMILES string of the molecule is COC(=O)c1ccc(C=CCCSC(C)=O)c(O)c1. The predicted octanol–water partition coefficient (Wildman–Crippen LogP) is 2.86. The summed E-state index contributed by atoms with van der Waals surface area (Å²) in [4.78, 5) is 22.0. The third kappa shape index (κ3) is 5.18. The van der Waals surface area contributed by atoms with E-state index in [1.165, 1.54) is 31.9 Å². The highest BCUT2D eigenvalue weighted by atomic mass is 32.2. The fraction of sp³-hybridized carbons (Fsp3) is 0.286. The fourth-order valence-corrected chi connectivity index (χ4v) is 1.95. The molecule has 5 heteroatoms. The van der Waals surface area contributed by atoms with Crippen LogP contribution in [0.4, 0.5) is 0 Å². The number of ether oxygens (including phenoxy) is 1. The van der Waals surface area contributed by atoms with Crippen LogP contribution in [0.3, 0.4) is 0 Å². The molecule has 1 N–H and O–H groups in total. The summed E-state index contributed by atoms with van der Waals surface area (Å²) < 4.78 is 4.56. The second-order valence-corrected chi connectivity index (χ2v) is 5.07. The Labute approximate surface area is 116 Å². The van der Waals surface area contributed by atoms with Gasteiger partial charge in [-0.05, 0) is 18.6 Å². The maximum atomic E-state index is 11.3. The normalized spacial score (nSPS) is 10.6. The zero-order valence-corrected chi connectivity index (χ0v) is 11.7. The number of carbonyl (C=O) groups excluding carboxylic acids is 2. The lowest BCUT2D eigenvalue weighted by Crippen LogP contribution is -2.00. The molecule has 0 aromatic heterocycles. The minimum absolute atomic E-state index is 0.0263. The fourth-order valence-electron chi connectivity index (χ4n) is 1.41. The Kier molecular flexibility index (Phi) is 6.15. The zero-order chi connectivity index (χ0) is 14.3. The average molecular weight is 280 g/mol. The van der Waals surface area contributed by atoms with Crippen molar-refractivity contribution in [3.63, 3.8) is 0 Å². The summed E-state index contributed by atoms with van der Waals surface area (Å²) >= 11 is 1.27. The smallest absolute Gasteiger partial charge is 0.337 e. The van der Waals surface area contributed by atoms with Crippen LogP contribution in [0.15, 0.2) is 24.3 Å². The average Bonchev–Trinajstić information content (AvgIpc) is 2.38. The number of aromatic hydroxyl groups is 1. The number of phenols is 1. The first-order valence-corrected chi connectivity index (χ1v) is 6.74. The van der Waals surface area contributed by atoms with E-state index in [4.69, 9.17) is 0 Å². The number of phenolic OH excluding ortho intramolecular Hbond substituents is 1. The van der Waals surface area contributed by atoms with Crippen molar-refractivity contribution in [1.29, 1.82) is 0 Å². The number of hydrogen-bond donors (Lipinski definition) is 1. The third-order valence-corrected chi connectivity index (χ3v) is 3.19. The van der Waals surface area contributed by atoms with Gasteiger partial charge in [-0.15, -0.1) is 0 Å². The van der Waals surface area contributed by atoms with Crippen LogP contribution in [-0.2, 0) is 9.53 Å². The van der Waals surface area contributed by atoms with Gasteiger partial charge in [-0.1, -0.05) is 30.0 Å². The Morgan fingerprint density at radius 3 is 2.74 bits per heavy atom. The molecule has 0 fully saturated rings. The number of rotatable bonds is 5. The number of thioether (sulfide) groups is 1. The molecule has 0 aliphatic carbocycles. The lowest BCUT2D eigenvalue weighted by atomic mass is 10.1. The highest BCUT2D eigenvalue weighted by Gasteiger charge is 2.07. The molecule has 0 saturated carbocycles. The number of hydrogen-bond acceptors (Lipinski definition) is 5. The molecular weight excluding hydrogens is 264 g/mol. The van der Waals surface area contributed by atoms with Crippen molar-refractivity contribution in [2.75, 3.05) is 12.9 Å². The summed E-state index contributed by atoms with van der Waals surface area (Å²) in [7, 11) is 1.29. The van der Waals surface area contributed by atoms with Crippen LogP contribution in [0.1, 0.15) is 29.3 Å². The maximum absolute atomic E-state index is 11.3. The Hall–Kier alpha value is -1.75. The van der Waals surface area contributed by atoms with Crippen molar-refractivity contribution in [2.24, 2.45) is 0 Å². The molecule has 1 aromatic rings. The summed E-state index contributed by atoms with van der Waals surface area (Å²) in [6.45, 7) is 1.53. The molecular formula is C14H16O4S. The van der Waals surface area contributed by atoms with E-state index in [0.29, 0.717) is 16.9 Å². The highest BCUT2D eigenvalue weighted by molar-refractivity contribution is 8.13. The van der Waals surface area contributed by atoms with Crippen LogP contribution in [0.2, 0.25) is 0 Å². The summed E-state index contributed by atoms with van der Waals surface area (Å²) in [6, 6.07) is 4.61. The lowest BCUT2D eigenvalue weighted by molar-refractivity contribution is -0.109. The minimum Gasteiger partial charge on any atom is -0.507 e. The van der Waals surface area contributed by atoms with E-state index in [1.807, 2.05) is 6.08 Å². The van der Waals surface area contributed by atoms with Crippen molar-refractivity contribution in [3.05, 3.63) is 35.4 Å². The molecule has 4 nitrogen and oxygen atoms in total. The van der Waals surface area contributed by atoms with Gasteiger partial charge in [0.15, 0.2) is 5.12 Å². The van der Waals surface area contributed by atoms with Gasteiger partial charge in [0.2, 0.25) is 0 Å². The van der Waals surface area contributed by atoms with Gasteiger partial charge in [-0.2, -0.15) is 0 Å². The van der Waals surface area contributed by atoms with E-state index in [9.17, 15) is 14.7 Å². The van der Waals surface area contributed by atoms with Gasteiger partial charge in [0, 0.05) is 18.2 Å². The standard InChI is InChI=1S/C14H16O4S/c1-10(15)19-8-4-3-5-11-6-7-12(9-13(11)16)14(17)18-2/h3,5-7,9,16H,4,8H2,1-2H3. The van der Waals surface area contributed by atoms with E-state index < -0.39 is 5.97 Å². The van der Waals surface area contributed by atoms with Crippen LogP contribution in [-0.4, -0.2) is 29.1 Å². The van der Waals surface area contributed by atoms with Crippen molar-refractivity contribution in [2.45, 2.75) is 13.3 Å². The Bertz CT molecular complexity index is 494. The van der Waals surface area contributed by atoms with Crippen LogP contribution in [0, 0.1) is 0 Å². The molecule has 0 amide bonds. The molecule has 0 aliphatic heterocycles. The van der Waals surface area contributed by atoms with Gasteiger partial charge in [0.05, 0.1) is 12.7 Å². The van der Waals surface area contributed by atoms with Gasteiger partial charge in [0.25, 0.3) is 0 Å². The van der Waals surface area contributed by atoms with Gasteiger partial charge in [-0.3, -0.25) is 4.79 Å². The summed E-state index contributed by atoms with van der Waals surface area (Å²) in [5.41, 5.74) is 0.935. The number of esters is 1. The number of carbonyl (C=O) groups is 2. The van der Waals surface area contributed by atoms with Crippen LogP contribution < -0.4 is 0 Å². The molecule has 0 saturated heterocycles. The number of allylic oxidation sites excluding steroid dienone is 1. The van der Waals surface area contributed by atoms with Crippen LogP contribution >= 0.6 is 11.8 Å². The minimum atomic E-state index is -0.483. The monoisotopic (exact) mass is 280 g/mol. The first-order chi connectivity index (χ1) is 9.04. The molecule has 0 bridgehead atoms. The molecule has 0 heterocycles. The highest BCUT2D eigenvalue weighted by Crippen LogP contribution is 2.21. The maximum Gasteiger partial charge on any atom is 0.337 e. The number of methoxy groups -OCH3 is 1. The van der Waals surface area contributed by atoms with Gasteiger partial charge >= 0.3 is 5.97 Å². The van der Waals surface area contributed by atoms with Gasteiger partial charge < -0.3 is 9.84 Å². The lowest BCUT2D eigenvalue weighted by Gasteiger charge is -2.02.